The Morgan fingerprint density at radius 1 is 1.16 bits per heavy atom. The number of benzene rings is 1. The van der Waals surface area contributed by atoms with Gasteiger partial charge < -0.3 is 20.2 Å². The molecule has 1 amide bonds. The fourth-order valence-electron chi connectivity index (χ4n) is 2.32. The van der Waals surface area contributed by atoms with E-state index in [1.54, 1.807) is 13.8 Å². The molecule has 140 valence electrons. The summed E-state index contributed by atoms with van der Waals surface area (Å²) in [6.07, 6.45) is 0.0553. The number of carbonyl (C=O) groups is 2. The summed E-state index contributed by atoms with van der Waals surface area (Å²) in [5, 5.41) is 14.3. The third kappa shape index (κ3) is 8.27. The molecule has 5 N–H and O–H groups in total. The maximum absolute atomic E-state index is 12.3. The second-order valence-corrected chi connectivity index (χ2v) is 7.82. The van der Waals surface area contributed by atoms with Gasteiger partial charge in [0, 0.05) is 0 Å². The van der Waals surface area contributed by atoms with Crippen molar-refractivity contribution in [1.29, 1.82) is 0 Å². The maximum Gasteiger partial charge on any atom is 0.339 e. The highest BCUT2D eigenvalue weighted by Crippen LogP contribution is 2.32. The van der Waals surface area contributed by atoms with Gasteiger partial charge in [-0.2, -0.15) is 0 Å². The fourth-order valence-corrected chi connectivity index (χ4v) is 2.76. The molecule has 2 atom stereocenters. The van der Waals surface area contributed by atoms with Crippen molar-refractivity contribution in [2.45, 2.75) is 38.8 Å². The van der Waals surface area contributed by atoms with Gasteiger partial charge in [-0.25, -0.2) is 4.79 Å². The molecule has 0 aliphatic heterocycles. The standard InChI is InChI=1S/C16H25N2O6P/c1-11(2)14(17-10-25(22,23)24)15(19)18-13(16(20)21)9-8-12-6-4-3-5-7-12/h3-7,11,13-14,17H,8-10H2,1-2H3,(H,18,19)(H,20,21)(H2,22,23,24)/t13-,14-/m0/s1. The Balaban J connectivity index is 2.69. The minimum absolute atomic E-state index is 0.217. The lowest BCUT2D eigenvalue weighted by atomic mass is 10.0. The highest BCUT2D eigenvalue weighted by Gasteiger charge is 2.28. The van der Waals surface area contributed by atoms with Crippen molar-refractivity contribution in [2.24, 2.45) is 5.92 Å². The average molecular weight is 372 g/mol. The Hall–Kier alpha value is -1.73. The number of rotatable bonds is 10. The number of aryl methyl sites for hydroxylation is 1. The van der Waals surface area contributed by atoms with Crippen LogP contribution in [0.15, 0.2) is 30.3 Å². The molecule has 0 bridgehead atoms. The molecule has 0 unspecified atom stereocenters. The van der Waals surface area contributed by atoms with Gasteiger partial charge in [-0.15, -0.1) is 0 Å². The van der Waals surface area contributed by atoms with E-state index in [0.717, 1.165) is 5.56 Å². The second kappa shape index (κ2) is 9.68. The molecule has 1 aromatic rings. The topological polar surface area (TPSA) is 136 Å². The van der Waals surface area contributed by atoms with Crippen molar-refractivity contribution in [3.63, 3.8) is 0 Å². The maximum atomic E-state index is 12.3. The molecule has 0 radical (unpaired) electrons. The molecule has 0 saturated carbocycles. The van der Waals surface area contributed by atoms with E-state index >= 15 is 0 Å². The van der Waals surface area contributed by atoms with E-state index in [1.807, 2.05) is 30.3 Å². The van der Waals surface area contributed by atoms with Crippen molar-refractivity contribution in [2.75, 3.05) is 6.29 Å². The molecule has 0 aromatic heterocycles. The van der Waals surface area contributed by atoms with Crippen LogP contribution < -0.4 is 10.6 Å². The molecule has 1 rings (SSSR count). The first-order chi connectivity index (χ1) is 11.6. The molecule has 25 heavy (non-hydrogen) atoms. The summed E-state index contributed by atoms with van der Waals surface area (Å²) in [6, 6.07) is 7.34. The van der Waals surface area contributed by atoms with Crippen LogP contribution in [0, 0.1) is 5.92 Å². The summed E-state index contributed by atoms with van der Waals surface area (Å²) in [4.78, 5) is 41.6. The molecule has 9 heteroatoms. The van der Waals surface area contributed by atoms with Crippen LogP contribution in [-0.4, -0.2) is 45.1 Å². The monoisotopic (exact) mass is 372 g/mol. The van der Waals surface area contributed by atoms with Crippen molar-refractivity contribution >= 4 is 19.5 Å². The van der Waals surface area contributed by atoms with Crippen LogP contribution in [0.1, 0.15) is 25.8 Å². The van der Waals surface area contributed by atoms with Crippen molar-refractivity contribution in [3.05, 3.63) is 35.9 Å². The number of aliphatic carboxylic acids is 1. The second-order valence-electron chi connectivity index (χ2n) is 6.17. The third-order valence-electron chi connectivity index (χ3n) is 3.65. The molecular formula is C16H25N2O6P. The van der Waals surface area contributed by atoms with Crippen LogP contribution in [0.5, 0.6) is 0 Å². The summed E-state index contributed by atoms with van der Waals surface area (Å²) in [5.41, 5.74) is 0.961. The van der Waals surface area contributed by atoms with Gasteiger partial charge in [0.15, 0.2) is 0 Å². The van der Waals surface area contributed by atoms with E-state index in [4.69, 9.17) is 9.79 Å². The Labute approximate surface area is 146 Å². The smallest absolute Gasteiger partial charge is 0.339 e. The third-order valence-corrected chi connectivity index (χ3v) is 4.24. The Morgan fingerprint density at radius 2 is 1.76 bits per heavy atom. The highest BCUT2D eigenvalue weighted by atomic mass is 31.2. The first-order valence-electron chi connectivity index (χ1n) is 7.95. The SMILES string of the molecule is CC(C)[C@H](NCP(=O)(O)O)C(=O)N[C@@H](CCc1ccccc1)C(=O)O. The predicted octanol–water partition coefficient (Wildman–Crippen LogP) is 0.938. The number of amides is 1. The molecule has 0 fully saturated rings. The quantitative estimate of drug-likeness (QED) is 0.386. The van der Waals surface area contributed by atoms with Crippen LogP contribution >= 0.6 is 7.60 Å². The van der Waals surface area contributed by atoms with Crippen LogP contribution in [-0.2, 0) is 20.6 Å². The normalized spacial score (nSPS) is 14.1. The lowest BCUT2D eigenvalue weighted by Gasteiger charge is -2.24. The molecule has 8 nitrogen and oxygen atoms in total. The number of hydrogen-bond acceptors (Lipinski definition) is 4. The Bertz CT molecular complexity index is 616. The highest BCUT2D eigenvalue weighted by molar-refractivity contribution is 7.51. The van der Waals surface area contributed by atoms with E-state index in [2.05, 4.69) is 10.6 Å². The molecule has 0 saturated heterocycles. The van der Waals surface area contributed by atoms with Gasteiger partial charge in [0.1, 0.15) is 6.04 Å². The molecular weight excluding hydrogens is 347 g/mol. The van der Waals surface area contributed by atoms with E-state index in [1.165, 1.54) is 0 Å². The zero-order valence-corrected chi connectivity index (χ0v) is 15.1. The van der Waals surface area contributed by atoms with E-state index in [-0.39, 0.29) is 12.3 Å². The van der Waals surface area contributed by atoms with Crippen LogP contribution in [0.4, 0.5) is 0 Å². The summed E-state index contributed by atoms with van der Waals surface area (Å²) < 4.78 is 11.0. The summed E-state index contributed by atoms with van der Waals surface area (Å²) in [5.74, 6) is -2.01. The lowest BCUT2D eigenvalue weighted by Crippen LogP contribution is -2.52. The number of carboxylic acids is 1. The van der Waals surface area contributed by atoms with E-state index in [0.29, 0.717) is 6.42 Å². The first-order valence-corrected chi connectivity index (χ1v) is 9.75. The number of hydrogen-bond donors (Lipinski definition) is 5. The minimum atomic E-state index is -4.31. The molecule has 0 aliphatic rings. The molecule has 0 spiro atoms. The Morgan fingerprint density at radius 3 is 2.24 bits per heavy atom. The number of carboxylic acid groups (broad SMARTS) is 1. The number of carbonyl (C=O) groups excluding carboxylic acids is 1. The van der Waals surface area contributed by atoms with Gasteiger partial charge in [-0.3, -0.25) is 14.7 Å². The predicted molar refractivity (Wildman–Crippen MR) is 93.0 cm³/mol. The summed E-state index contributed by atoms with van der Waals surface area (Å²) in [7, 11) is -4.31. The van der Waals surface area contributed by atoms with Gasteiger partial charge in [0.05, 0.1) is 12.3 Å². The van der Waals surface area contributed by atoms with E-state index in [9.17, 15) is 19.3 Å². The van der Waals surface area contributed by atoms with Crippen LogP contribution in [0.2, 0.25) is 0 Å². The van der Waals surface area contributed by atoms with Gasteiger partial charge in [-0.1, -0.05) is 44.2 Å². The summed E-state index contributed by atoms with van der Waals surface area (Å²) >= 11 is 0. The van der Waals surface area contributed by atoms with E-state index < -0.39 is 37.8 Å². The molecule has 0 heterocycles. The Kier molecular flexibility index (Phi) is 8.25. The van der Waals surface area contributed by atoms with Crippen LogP contribution in [0.25, 0.3) is 0 Å². The minimum Gasteiger partial charge on any atom is -0.480 e. The fraction of sp³-hybridized carbons (Fsp3) is 0.500. The zero-order chi connectivity index (χ0) is 19.0. The van der Waals surface area contributed by atoms with Gasteiger partial charge >= 0.3 is 13.6 Å². The van der Waals surface area contributed by atoms with Crippen molar-refractivity contribution in [1.82, 2.24) is 10.6 Å². The first kappa shape index (κ1) is 21.3. The summed E-state index contributed by atoms with van der Waals surface area (Å²) in [6.45, 7) is 3.41. The molecule has 1 aromatic carbocycles. The van der Waals surface area contributed by atoms with Gasteiger partial charge in [0.2, 0.25) is 5.91 Å². The van der Waals surface area contributed by atoms with Crippen LogP contribution in [0.3, 0.4) is 0 Å². The van der Waals surface area contributed by atoms with Crippen molar-refractivity contribution < 1.29 is 29.0 Å². The number of nitrogens with one attached hydrogen (secondary N) is 2. The zero-order valence-electron chi connectivity index (χ0n) is 14.3. The lowest BCUT2D eigenvalue weighted by molar-refractivity contribution is -0.142. The largest absolute Gasteiger partial charge is 0.480 e. The van der Waals surface area contributed by atoms with Crippen molar-refractivity contribution in [3.8, 4) is 0 Å². The molecule has 0 aliphatic carbocycles. The average Bonchev–Trinajstić information content (AvgIpc) is 2.50. The van der Waals surface area contributed by atoms with Gasteiger partial charge in [0.25, 0.3) is 0 Å². The van der Waals surface area contributed by atoms with Gasteiger partial charge in [-0.05, 0) is 24.3 Å².